The molecule has 8 nitrogen and oxygen atoms in total. The Bertz CT molecular complexity index is 856. The fourth-order valence-electron chi connectivity index (χ4n) is 4.28. The second kappa shape index (κ2) is 8.95. The van der Waals surface area contributed by atoms with Gasteiger partial charge in [0.1, 0.15) is 0 Å². The van der Waals surface area contributed by atoms with E-state index in [1.807, 2.05) is 4.90 Å². The molecule has 8 heteroatoms. The van der Waals surface area contributed by atoms with Gasteiger partial charge in [0, 0.05) is 38.2 Å². The van der Waals surface area contributed by atoms with Crippen molar-refractivity contribution in [1.82, 2.24) is 15.1 Å². The van der Waals surface area contributed by atoms with Gasteiger partial charge in [-0.1, -0.05) is 0 Å². The Hall–Kier alpha value is -2.74. The second-order valence-electron chi connectivity index (χ2n) is 8.06. The first-order valence-electron chi connectivity index (χ1n) is 10.7. The highest BCUT2D eigenvalue weighted by atomic mass is 16.5. The quantitative estimate of drug-likeness (QED) is 0.715. The Morgan fingerprint density at radius 3 is 2.53 bits per heavy atom. The predicted molar refractivity (Wildman–Crippen MR) is 108 cm³/mol. The Morgan fingerprint density at radius 1 is 1.03 bits per heavy atom. The van der Waals surface area contributed by atoms with Crippen LogP contribution in [0.5, 0.6) is 0 Å². The summed E-state index contributed by atoms with van der Waals surface area (Å²) in [6.45, 7) is 2.71. The first-order valence-corrected chi connectivity index (χ1v) is 10.7. The fraction of sp³-hybridized carbons (Fsp3) is 0.545. The molecule has 1 unspecified atom stereocenters. The molecule has 3 aliphatic heterocycles. The average Bonchev–Trinajstić information content (AvgIpc) is 3.37. The fourth-order valence-corrected chi connectivity index (χ4v) is 4.28. The summed E-state index contributed by atoms with van der Waals surface area (Å²) in [5.74, 6) is -1.04. The van der Waals surface area contributed by atoms with E-state index in [0.29, 0.717) is 17.7 Å². The van der Waals surface area contributed by atoms with Gasteiger partial charge in [0.25, 0.3) is 17.7 Å². The summed E-state index contributed by atoms with van der Waals surface area (Å²) in [4.78, 5) is 53.0. The minimum absolute atomic E-state index is 0.0505. The largest absolute Gasteiger partial charge is 0.376 e. The highest BCUT2D eigenvalue weighted by molar-refractivity contribution is 6.22. The first kappa shape index (κ1) is 20.5. The van der Waals surface area contributed by atoms with E-state index < -0.39 is 0 Å². The SMILES string of the molecule is O=C(NCCC(=O)N1CCCCC1)c1ccc2c(c1)C(=O)N(CC1CCCO1)C2=O. The van der Waals surface area contributed by atoms with Crippen LogP contribution >= 0.6 is 0 Å². The van der Waals surface area contributed by atoms with Crippen LogP contribution in [-0.4, -0.2) is 72.3 Å². The molecule has 1 aromatic rings. The third-order valence-electron chi connectivity index (χ3n) is 5.98. The number of nitrogens with zero attached hydrogens (tertiary/aromatic N) is 2. The molecule has 0 aromatic heterocycles. The summed E-state index contributed by atoms with van der Waals surface area (Å²) in [5.41, 5.74) is 0.865. The maximum atomic E-state index is 12.7. The van der Waals surface area contributed by atoms with Crippen LogP contribution < -0.4 is 5.32 Å². The molecule has 160 valence electrons. The minimum Gasteiger partial charge on any atom is -0.376 e. The predicted octanol–water partition coefficient (Wildman–Crippen LogP) is 1.59. The number of benzene rings is 1. The number of carbonyl (C=O) groups excluding carboxylic acids is 4. The van der Waals surface area contributed by atoms with Crippen LogP contribution in [0.25, 0.3) is 0 Å². The van der Waals surface area contributed by atoms with Crippen molar-refractivity contribution in [3.8, 4) is 0 Å². The topological polar surface area (TPSA) is 96.0 Å². The van der Waals surface area contributed by atoms with Crippen molar-refractivity contribution in [2.45, 2.75) is 44.6 Å². The summed E-state index contributed by atoms with van der Waals surface area (Å²) < 4.78 is 5.54. The number of carbonyl (C=O) groups is 4. The number of amides is 4. The zero-order valence-electron chi connectivity index (χ0n) is 17.0. The lowest BCUT2D eigenvalue weighted by Gasteiger charge is -2.26. The number of rotatable bonds is 6. The van der Waals surface area contributed by atoms with Crippen LogP contribution in [0.1, 0.15) is 69.6 Å². The number of imide groups is 1. The van der Waals surface area contributed by atoms with Crippen LogP contribution in [0.2, 0.25) is 0 Å². The molecule has 0 aliphatic carbocycles. The van der Waals surface area contributed by atoms with Crippen LogP contribution in [-0.2, 0) is 9.53 Å². The van der Waals surface area contributed by atoms with Gasteiger partial charge in [0.15, 0.2) is 0 Å². The Balaban J connectivity index is 1.34. The van der Waals surface area contributed by atoms with E-state index in [4.69, 9.17) is 4.74 Å². The number of fused-ring (bicyclic) bond motifs is 1. The van der Waals surface area contributed by atoms with E-state index in [-0.39, 0.29) is 54.8 Å². The van der Waals surface area contributed by atoms with Crippen molar-refractivity contribution < 1.29 is 23.9 Å². The molecule has 3 aliphatic rings. The highest BCUT2D eigenvalue weighted by Gasteiger charge is 2.37. The third-order valence-corrected chi connectivity index (χ3v) is 5.98. The van der Waals surface area contributed by atoms with Crippen LogP contribution in [0, 0.1) is 0 Å². The van der Waals surface area contributed by atoms with Crippen molar-refractivity contribution in [1.29, 1.82) is 0 Å². The Labute approximate surface area is 175 Å². The van der Waals surface area contributed by atoms with Gasteiger partial charge >= 0.3 is 0 Å². The van der Waals surface area contributed by atoms with Crippen LogP contribution in [0.3, 0.4) is 0 Å². The van der Waals surface area contributed by atoms with Gasteiger partial charge in [-0.2, -0.15) is 0 Å². The van der Waals surface area contributed by atoms with E-state index in [2.05, 4.69) is 5.32 Å². The van der Waals surface area contributed by atoms with Crippen LogP contribution in [0.15, 0.2) is 18.2 Å². The molecule has 0 bridgehead atoms. The monoisotopic (exact) mass is 413 g/mol. The van der Waals surface area contributed by atoms with Crippen molar-refractivity contribution in [3.05, 3.63) is 34.9 Å². The first-order chi connectivity index (χ1) is 14.5. The highest BCUT2D eigenvalue weighted by Crippen LogP contribution is 2.26. The number of piperidine rings is 1. The van der Waals surface area contributed by atoms with Gasteiger partial charge in [-0.25, -0.2) is 0 Å². The average molecular weight is 413 g/mol. The summed E-state index contributed by atoms with van der Waals surface area (Å²) in [5, 5.41) is 2.74. The van der Waals surface area contributed by atoms with E-state index in [1.165, 1.54) is 17.0 Å². The molecule has 2 saturated heterocycles. The number of nitrogens with one attached hydrogen (secondary N) is 1. The zero-order chi connectivity index (χ0) is 21.1. The standard InChI is InChI=1S/C22H27N3O5/c26-19(24-10-2-1-3-11-24)8-9-23-20(27)15-6-7-17-18(13-15)22(29)25(21(17)28)14-16-5-4-12-30-16/h6-7,13,16H,1-5,8-12,14H2,(H,23,27). The number of hydrogen-bond donors (Lipinski definition) is 1. The van der Waals surface area contributed by atoms with E-state index in [1.54, 1.807) is 6.07 Å². The summed E-state index contributed by atoms with van der Waals surface area (Å²) in [6, 6.07) is 4.53. The maximum absolute atomic E-state index is 12.7. The summed E-state index contributed by atoms with van der Waals surface area (Å²) >= 11 is 0. The minimum atomic E-state index is -0.388. The van der Waals surface area contributed by atoms with Gasteiger partial charge in [0.05, 0.1) is 23.8 Å². The number of likely N-dealkylation sites (tertiary alicyclic amines) is 1. The van der Waals surface area contributed by atoms with E-state index >= 15 is 0 Å². The lowest BCUT2D eigenvalue weighted by Crippen LogP contribution is -2.37. The van der Waals surface area contributed by atoms with E-state index in [9.17, 15) is 19.2 Å². The Kier molecular flexibility index (Phi) is 6.13. The van der Waals surface area contributed by atoms with E-state index in [0.717, 1.165) is 45.2 Å². The lowest BCUT2D eigenvalue weighted by molar-refractivity contribution is -0.131. The Morgan fingerprint density at radius 2 is 1.80 bits per heavy atom. The number of hydrogen-bond acceptors (Lipinski definition) is 5. The molecule has 0 radical (unpaired) electrons. The normalized spacial score (nSPS) is 21.1. The molecule has 4 amide bonds. The molecular weight excluding hydrogens is 386 g/mol. The van der Waals surface area contributed by atoms with Gasteiger partial charge in [0.2, 0.25) is 5.91 Å². The molecule has 2 fully saturated rings. The second-order valence-corrected chi connectivity index (χ2v) is 8.06. The van der Waals surface area contributed by atoms with Crippen molar-refractivity contribution in [2.75, 3.05) is 32.8 Å². The smallest absolute Gasteiger partial charge is 0.261 e. The third kappa shape index (κ3) is 4.23. The molecule has 0 saturated carbocycles. The molecule has 30 heavy (non-hydrogen) atoms. The molecule has 1 aromatic carbocycles. The molecule has 0 spiro atoms. The summed E-state index contributed by atoms with van der Waals surface area (Å²) in [7, 11) is 0. The molecule has 4 rings (SSSR count). The van der Waals surface area contributed by atoms with Crippen molar-refractivity contribution in [3.63, 3.8) is 0 Å². The summed E-state index contributed by atoms with van der Waals surface area (Å²) in [6.07, 6.45) is 5.12. The number of ether oxygens (including phenoxy) is 1. The van der Waals surface area contributed by atoms with Gasteiger partial charge in [-0.05, 0) is 50.3 Å². The lowest BCUT2D eigenvalue weighted by atomic mass is 10.1. The van der Waals surface area contributed by atoms with Crippen LogP contribution in [0.4, 0.5) is 0 Å². The van der Waals surface area contributed by atoms with Gasteiger partial charge in [-0.15, -0.1) is 0 Å². The van der Waals surface area contributed by atoms with Crippen molar-refractivity contribution >= 4 is 23.6 Å². The molecule has 1 N–H and O–H groups in total. The zero-order valence-corrected chi connectivity index (χ0v) is 17.0. The van der Waals surface area contributed by atoms with Crippen molar-refractivity contribution in [2.24, 2.45) is 0 Å². The van der Waals surface area contributed by atoms with Gasteiger partial charge < -0.3 is 15.0 Å². The molecule has 1 atom stereocenters. The maximum Gasteiger partial charge on any atom is 0.261 e. The molecular formula is C22H27N3O5. The molecule has 3 heterocycles. The van der Waals surface area contributed by atoms with Gasteiger partial charge in [-0.3, -0.25) is 24.1 Å².